The van der Waals surface area contributed by atoms with Crippen molar-refractivity contribution in [1.29, 1.82) is 0 Å². The summed E-state index contributed by atoms with van der Waals surface area (Å²) in [6.07, 6.45) is 5.61. The summed E-state index contributed by atoms with van der Waals surface area (Å²) in [6, 6.07) is 0. The molecular formula is C10H27N7. The minimum absolute atomic E-state index is 1.32. The summed E-state index contributed by atoms with van der Waals surface area (Å²) < 4.78 is 0. The molecule has 1 fully saturated rings. The van der Waals surface area contributed by atoms with Gasteiger partial charge in [-0.05, 0) is 40.0 Å². The van der Waals surface area contributed by atoms with Crippen LogP contribution in [0.5, 0.6) is 0 Å². The highest BCUT2D eigenvalue weighted by Gasteiger charge is 2.02. The van der Waals surface area contributed by atoms with Crippen LogP contribution in [-0.2, 0) is 0 Å². The van der Waals surface area contributed by atoms with Crippen LogP contribution in [0.1, 0.15) is 33.1 Å². The molecule has 102 valence electrons. The van der Waals surface area contributed by atoms with E-state index in [1.54, 1.807) is 7.05 Å². The van der Waals surface area contributed by atoms with E-state index in [-0.39, 0.29) is 0 Å². The van der Waals surface area contributed by atoms with E-state index in [1.165, 1.54) is 38.7 Å². The molecule has 0 spiro atoms. The van der Waals surface area contributed by atoms with E-state index in [2.05, 4.69) is 43.8 Å². The molecule has 7 heteroatoms. The lowest BCUT2D eigenvalue weighted by Crippen LogP contribution is -2.24. The smallest absolute Gasteiger partial charge is 0.161 e. The Morgan fingerprint density at radius 1 is 1.24 bits per heavy atom. The second-order valence-corrected chi connectivity index (χ2v) is 3.21. The van der Waals surface area contributed by atoms with Gasteiger partial charge in [0.05, 0.1) is 0 Å². The molecule has 0 radical (unpaired) electrons. The maximum absolute atomic E-state index is 4.60. The summed E-state index contributed by atoms with van der Waals surface area (Å²) in [6.45, 7) is 6.64. The zero-order valence-electron chi connectivity index (χ0n) is 11.5. The molecule has 17 heavy (non-hydrogen) atoms. The first kappa shape index (κ1) is 18.3. The number of aromatic nitrogens is 4. The third kappa shape index (κ3) is 17.6. The van der Waals surface area contributed by atoms with Gasteiger partial charge in [0.2, 0.25) is 0 Å². The lowest BCUT2D eigenvalue weighted by molar-refractivity contribution is 0.277. The van der Waals surface area contributed by atoms with Crippen molar-refractivity contribution in [2.75, 3.05) is 27.2 Å². The van der Waals surface area contributed by atoms with Crippen LogP contribution in [0.3, 0.4) is 0 Å². The van der Waals surface area contributed by atoms with Gasteiger partial charge in [0.1, 0.15) is 0 Å². The van der Waals surface area contributed by atoms with Crippen molar-refractivity contribution in [2.45, 2.75) is 33.1 Å². The number of nitrogens with two attached hydrogens (primary N) is 1. The number of hydrogen-bond acceptors (Lipinski definition) is 6. The van der Waals surface area contributed by atoms with Crippen LogP contribution in [0.15, 0.2) is 6.33 Å². The summed E-state index contributed by atoms with van der Waals surface area (Å²) in [4.78, 5) is 2.39. The van der Waals surface area contributed by atoms with Crippen molar-refractivity contribution < 1.29 is 0 Å². The third-order valence-corrected chi connectivity index (χ3v) is 1.85. The van der Waals surface area contributed by atoms with E-state index in [4.69, 9.17) is 0 Å². The highest BCUT2D eigenvalue weighted by Crippen LogP contribution is 2.04. The molecule has 0 unspecified atom stereocenters. The fraction of sp³-hybridized carbons (Fsp3) is 0.900. The predicted octanol–water partition coefficient (Wildman–Crippen LogP) is 0.408. The third-order valence-electron chi connectivity index (χ3n) is 1.85. The summed E-state index contributed by atoms with van der Waals surface area (Å²) in [5, 5.41) is 12.2. The lowest BCUT2D eigenvalue weighted by atomic mass is 10.1. The number of H-pyrrole nitrogens is 1. The summed E-state index contributed by atoms with van der Waals surface area (Å²) in [5.41, 5.74) is 2.25. The number of tetrazole rings is 1. The molecule has 4 N–H and O–H groups in total. The van der Waals surface area contributed by atoms with Crippen LogP contribution in [0, 0.1) is 0 Å². The van der Waals surface area contributed by atoms with Gasteiger partial charge in [0.25, 0.3) is 0 Å². The first-order valence-corrected chi connectivity index (χ1v) is 6.03. The second kappa shape index (κ2) is 17.3. The first-order valence-electron chi connectivity index (χ1n) is 6.03. The van der Waals surface area contributed by atoms with E-state index in [0.29, 0.717) is 0 Å². The SMILES string of the molecule is CC.CN1CCCCC1.CNN.c1nn[nH]n1. The minimum atomic E-state index is 1.32. The van der Waals surface area contributed by atoms with Gasteiger partial charge in [-0.15, -0.1) is 10.2 Å². The number of nitrogens with one attached hydrogen (secondary N) is 2. The molecule has 1 aromatic heterocycles. The van der Waals surface area contributed by atoms with Crippen LogP contribution in [0.2, 0.25) is 0 Å². The average molecular weight is 245 g/mol. The average Bonchev–Trinajstić information content (AvgIpc) is 2.92. The highest BCUT2D eigenvalue weighted by molar-refractivity contribution is 4.58. The van der Waals surface area contributed by atoms with Crippen LogP contribution in [0.25, 0.3) is 0 Å². The van der Waals surface area contributed by atoms with Crippen LogP contribution >= 0.6 is 0 Å². The Morgan fingerprint density at radius 3 is 1.94 bits per heavy atom. The van der Waals surface area contributed by atoms with E-state index in [0.717, 1.165) is 0 Å². The van der Waals surface area contributed by atoms with Gasteiger partial charge in [-0.3, -0.25) is 11.3 Å². The maximum atomic E-state index is 4.60. The Hall–Kier alpha value is -1.05. The van der Waals surface area contributed by atoms with Crippen molar-refractivity contribution in [3.63, 3.8) is 0 Å². The van der Waals surface area contributed by atoms with E-state index in [9.17, 15) is 0 Å². The molecule has 7 nitrogen and oxygen atoms in total. The molecule has 0 aromatic carbocycles. The second-order valence-electron chi connectivity index (χ2n) is 3.21. The molecule has 2 rings (SSSR count). The molecule has 1 saturated heterocycles. The number of likely N-dealkylation sites (tertiary alicyclic amines) is 1. The molecule has 1 aromatic rings. The van der Waals surface area contributed by atoms with E-state index in [1.807, 2.05) is 13.8 Å². The van der Waals surface area contributed by atoms with Gasteiger partial charge in [-0.25, -0.2) is 0 Å². The predicted molar refractivity (Wildman–Crippen MR) is 70.1 cm³/mol. The molecule has 0 bridgehead atoms. The van der Waals surface area contributed by atoms with Crippen LogP contribution in [-0.4, -0.2) is 52.7 Å². The molecule has 0 amide bonds. The van der Waals surface area contributed by atoms with E-state index >= 15 is 0 Å². The molecule has 0 saturated carbocycles. The Bertz CT molecular complexity index is 167. The van der Waals surface area contributed by atoms with Crippen molar-refractivity contribution in [3.05, 3.63) is 6.33 Å². The molecule has 0 atom stereocenters. The number of rotatable bonds is 0. The van der Waals surface area contributed by atoms with Gasteiger partial charge in [0, 0.05) is 0 Å². The van der Waals surface area contributed by atoms with Gasteiger partial charge >= 0.3 is 0 Å². The number of nitrogens with zero attached hydrogens (tertiary/aromatic N) is 4. The molecule has 2 heterocycles. The Kier molecular flexibility index (Phi) is 18.7. The quantitative estimate of drug-likeness (QED) is 0.452. The summed E-state index contributed by atoms with van der Waals surface area (Å²) in [7, 11) is 3.85. The standard InChI is InChI=1S/C6H13N.C2H6.CH2N4.CH6N2/c1-7-5-3-2-4-6-7;1-2;1-2-4-5-3-1;1-3-2/h2-6H2,1H3;1-2H3;1H,(H,2,3,4,5);3H,2H2,1H3. The zero-order chi connectivity index (χ0) is 13.4. The highest BCUT2D eigenvalue weighted by atomic mass is 15.5. The topological polar surface area (TPSA) is 95.7 Å². The summed E-state index contributed by atoms with van der Waals surface area (Å²) >= 11 is 0. The zero-order valence-corrected chi connectivity index (χ0v) is 11.5. The monoisotopic (exact) mass is 245 g/mol. The molecule has 0 aliphatic carbocycles. The largest absolute Gasteiger partial charge is 0.306 e. The fourth-order valence-electron chi connectivity index (χ4n) is 1.18. The molecule has 1 aliphatic heterocycles. The van der Waals surface area contributed by atoms with Gasteiger partial charge in [-0.1, -0.05) is 25.5 Å². The van der Waals surface area contributed by atoms with Gasteiger partial charge in [0.15, 0.2) is 6.33 Å². The van der Waals surface area contributed by atoms with E-state index < -0.39 is 0 Å². The van der Waals surface area contributed by atoms with Gasteiger partial charge < -0.3 is 4.90 Å². The Balaban J connectivity index is 0. The lowest BCUT2D eigenvalue weighted by Gasteiger charge is -2.20. The van der Waals surface area contributed by atoms with Crippen molar-refractivity contribution in [1.82, 2.24) is 30.9 Å². The van der Waals surface area contributed by atoms with Crippen molar-refractivity contribution in [2.24, 2.45) is 5.84 Å². The Labute approximate surface area is 104 Å². The van der Waals surface area contributed by atoms with Crippen molar-refractivity contribution in [3.8, 4) is 0 Å². The van der Waals surface area contributed by atoms with Crippen molar-refractivity contribution >= 4 is 0 Å². The normalized spacial score (nSPS) is 14.2. The Morgan fingerprint density at radius 2 is 1.76 bits per heavy atom. The number of hydrazine groups is 1. The fourth-order valence-corrected chi connectivity index (χ4v) is 1.18. The number of aromatic amines is 1. The van der Waals surface area contributed by atoms with Crippen LogP contribution < -0.4 is 11.3 Å². The number of hydrogen-bond donors (Lipinski definition) is 3. The first-order chi connectivity index (χ1) is 8.31. The minimum Gasteiger partial charge on any atom is -0.306 e. The molecular weight excluding hydrogens is 218 g/mol. The maximum Gasteiger partial charge on any atom is 0.161 e. The molecule has 1 aliphatic rings. The van der Waals surface area contributed by atoms with Crippen LogP contribution in [0.4, 0.5) is 0 Å². The summed E-state index contributed by atoms with van der Waals surface area (Å²) in [5.74, 6) is 4.60. The van der Waals surface area contributed by atoms with Gasteiger partial charge in [-0.2, -0.15) is 5.21 Å². The number of piperidine rings is 1.